The summed E-state index contributed by atoms with van der Waals surface area (Å²) in [6, 6.07) is 3.76. The quantitative estimate of drug-likeness (QED) is 0.711. The number of aryl methyl sites for hydroxylation is 1. The minimum atomic E-state index is -4.25. The van der Waals surface area contributed by atoms with Crippen molar-refractivity contribution in [3.05, 3.63) is 29.6 Å². The van der Waals surface area contributed by atoms with Crippen molar-refractivity contribution >= 4 is 0 Å². The molecule has 0 fully saturated rings. The van der Waals surface area contributed by atoms with Crippen LogP contribution in [0.1, 0.15) is 12.0 Å². The number of halogens is 4. The Bertz CT molecular complexity index is 333. The first-order valence-electron chi connectivity index (χ1n) is 4.34. The van der Waals surface area contributed by atoms with Crippen molar-refractivity contribution in [3.8, 4) is 5.75 Å². The van der Waals surface area contributed by atoms with Crippen molar-refractivity contribution < 1.29 is 22.3 Å². The molecule has 84 valence electrons. The Labute approximate surface area is 84.7 Å². The van der Waals surface area contributed by atoms with E-state index in [0.717, 1.165) is 6.07 Å². The van der Waals surface area contributed by atoms with Crippen LogP contribution in [0, 0.1) is 12.7 Å². The number of benzene rings is 1. The van der Waals surface area contributed by atoms with Gasteiger partial charge in [-0.2, -0.15) is 13.2 Å². The Balaban J connectivity index is 2.54. The summed E-state index contributed by atoms with van der Waals surface area (Å²) in [6.07, 6.45) is -5.29. The van der Waals surface area contributed by atoms with Crippen LogP contribution in [0.2, 0.25) is 0 Å². The van der Waals surface area contributed by atoms with Crippen molar-refractivity contribution in [1.29, 1.82) is 0 Å². The summed E-state index contributed by atoms with van der Waals surface area (Å²) in [5.74, 6) is -0.373. The summed E-state index contributed by atoms with van der Waals surface area (Å²) in [4.78, 5) is 0. The SMILES string of the molecule is Cc1ccc(F)cc1OCCC(F)(F)F. The van der Waals surface area contributed by atoms with Crippen molar-refractivity contribution in [2.75, 3.05) is 6.61 Å². The van der Waals surface area contributed by atoms with Crippen LogP contribution in [0.25, 0.3) is 0 Å². The van der Waals surface area contributed by atoms with E-state index in [-0.39, 0.29) is 5.75 Å². The number of alkyl halides is 3. The van der Waals surface area contributed by atoms with Crippen LogP contribution in [0.4, 0.5) is 17.6 Å². The van der Waals surface area contributed by atoms with Crippen LogP contribution in [-0.2, 0) is 0 Å². The molecule has 0 aromatic heterocycles. The maximum absolute atomic E-state index is 12.7. The molecule has 0 radical (unpaired) electrons. The first kappa shape index (κ1) is 11.8. The second-order valence-corrected chi connectivity index (χ2v) is 3.12. The molecule has 0 aliphatic heterocycles. The average molecular weight is 222 g/mol. The molecule has 0 heterocycles. The van der Waals surface area contributed by atoms with Gasteiger partial charge >= 0.3 is 6.18 Å². The maximum atomic E-state index is 12.7. The van der Waals surface area contributed by atoms with Gasteiger partial charge in [-0.15, -0.1) is 0 Å². The number of hydrogen-bond donors (Lipinski definition) is 0. The smallest absolute Gasteiger partial charge is 0.392 e. The van der Waals surface area contributed by atoms with Crippen molar-refractivity contribution in [2.24, 2.45) is 0 Å². The summed E-state index contributed by atoms with van der Waals surface area (Å²) in [6.45, 7) is 1.15. The Kier molecular flexibility index (Phi) is 3.55. The van der Waals surface area contributed by atoms with E-state index in [4.69, 9.17) is 4.74 Å². The Hall–Kier alpha value is -1.26. The van der Waals surface area contributed by atoms with E-state index < -0.39 is 25.0 Å². The van der Waals surface area contributed by atoms with Crippen LogP contribution < -0.4 is 4.74 Å². The lowest BCUT2D eigenvalue weighted by atomic mass is 10.2. The van der Waals surface area contributed by atoms with Crippen LogP contribution in [-0.4, -0.2) is 12.8 Å². The molecule has 1 aromatic carbocycles. The molecule has 15 heavy (non-hydrogen) atoms. The second-order valence-electron chi connectivity index (χ2n) is 3.12. The molecule has 5 heteroatoms. The van der Waals surface area contributed by atoms with Gasteiger partial charge in [0.1, 0.15) is 11.6 Å². The van der Waals surface area contributed by atoms with Gasteiger partial charge in [-0.05, 0) is 18.6 Å². The lowest BCUT2D eigenvalue weighted by Gasteiger charge is -2.10. The maximum Gasteiger partial charge on any atom is 0.392 e. The van der Waals surface area contributed by atoms with Crippen LogP contribution >= 0.6 is 0 Å². The highest BCUT2D eigenvalue weighted by Gasteiger charge is 2.26. The molecular formula is C10H10F4O. The minimum Gasteiger partial charge on any atom is -0.493 e. The lowest BCUT2D eigenvalue weighted by molar-refractivity contribution is -0.139. The molecule has 0 aliphatic rings. The van der Waals surface area contributed by atoms with Crippen LogP contribution in [0.5, 0.6) is 5.75 Å². The molecule has 0 spiro atoms. The summed E-state index contributed by atoms with van der Waals surface area (Å²) in [5.41, 5.74) is 0.610. The average Bonchev–Trinajstić information content (AvgIpc) is 2.09. The van der Waals surface area contributed by atoms with Gasteiger partial charge in [0.15, 0.2) is 0 Å². The fourth-order valence-corrected chi connectivity index (χ4v) is 1.01. The van der Waals surface area contributed by atoms with Gasteiger partial charge in [0.05, 0.1) is 13.0 Å². The van der Waals surface area contributed by atoms with Crippen molar-refractivity contribution in [3.63, 3.8) is 0 Å². The van der Waals surface area contributed by atoms with Crippen molar-refractivity contribution in [2.45, 2.75) is 19.5 Å². The van der Waals surface area contributed by atoms with Gasteiger partial charge in [-0.25, -0.2) is 4.39 Å². The van der Waals surface area contributed by atoms with Gasteiger partial charge < -0.3 is 4.74 Å². The summed E-state index contributed by atoms with van der Waals surface area (Å²) in [7, 11) is 0. The highest BCUT2D eigenvalue weighted by molar-refractivity contribution is 5.32. The Morgan fingerprint density at radius 1 is 1.27 bits per heavy atom. The first-order chi connectivity index (χ1) is 6.88. The van der Waals surface area contributed by atoms with E-state index in [1.165, 1.54) is 12.1 Å². The normalized spacial score (nSPS) is 11.5. The van der Waals surface area contributed by atoms with E-state index in [2.05, 4.69) is 0 Å². The predicted octanol–water partition coefficient (Wildman–Crippen LogP) is 3.47. The molecule has 0 saturated heterocycles. The molecule has 0 bridgehead atoms. The molecule has 0 amide bonds. The summed E-state index contributed by atoms with van der Waals surface area (Å²) >= 11 is 0. The summed E-state index contributed by atoms with van der Waals surface area (Å²) in [5, 5.41) is 0. The third-order valence-corrected chi connectivity index (χ3v) is 1.79. The number of ether oxygens (including phenoxy) is 1. The molecule has 0 unspecified atom stereocenters. The van der Waals surface area contributed by atoms with Crippen molar-refractivity contribution in [1.82, 2.24) is 0 Å². The molecule has 1 rings (SSSR count). The lowest BCUT2D eigenvalue weighted by Crippen LogP contribution is -2.13. The van der Waals surface area contributed by atoms with E-state index in [1.807, 2.05) is 0 Å². The molecule has 0 atom stereocenters. The van der Waals surface area contributed by atoms with Crippen LogP contribution in [0.3, 0.4) is 0 Å². The zero-order valence-electron chi connectivity index (χ0n) is 8.07. The molecular weight excluding hydrogens is 212 g/mol. The third kappa shape index (κ3) is 4.18. The van der Waals surface area contributed by atoms with Gasteiger partial charge in [-0.1, -0.05) is 6.07 Å². The van der Waals surface area contributed by atoms with Gasteiger partial charge in [-0.3, -0.25) is 0 Å². The zero-order chi connectivity index (χ0) is 11.5. The van der Waals surface area contributed by atoms with E-state index in [0.29, 0.717) is 5.56 Å². The second kappa shape index (κ2) is 4.51. The van der Waals surface area contributed by atoms with E-state index >= 15 is 0 Å². The topological polar surface area (TPSA) is 9.23 Å². The Morgan fingerprint density at radius 2 is 1.93 bits per heavy atom. The highest BCUT2D eigenvalue weighted by atomic mass is 19.4. The molecule has 1 aromatic rings. The zero-order valence-corrected chi connectivity index (χ0v) is 8.07. The minimum absolute atomic E-state index is 0.152. The van der Waals surface area contributed by atoms with E-state index in [9.17, 15) is 17.6 Å². The Morgan fingerprint density at radius 3 is 2.53 bits per heavy atom. The fraction of sp³-hybridized carbons (Fsp3) is 0.400. The largest absolute Gasteiger partial charge is 0.493 e. The first-order valence-corrected chi connectivity index (χ1v) is 4.34. The third-order valence-electron chi connectivity index (χ3n) is 1.79. The summed E-state index contributed by atoms with van der Waals surface area (Å²) < 4.78 is 52.9. The standard InChI is InChI=1S/C10H10F4O/c1-7-2-3-8(11)6-9(7)15-5-4-10(12,13)14/h2-3,6H,4-5H2,1H3. The predicted molar refractivity (Wildman–Crippen MR) is 47.3 cm³/mol. The van der Waals surface area contributed by atoms with Gasteiger partial charge in [0.2, 0.25) is 0 Å². The molecule has 0 N–H and O–H groups in total. The van der Waals surface area contributed by atoms with E-state index in [1.54, 1.807) is 6.92 Å². The number of hydrogen-bond acceptors (Lipinski definition) is 1. The molecule has 1 nitrogen and oxygen atoms in total. The molecule has 0 saturated carbocycles. The van der Waals surface area contributed by atoms with Gasteiger partial charge in [0.25, 0.3) is 0 Å². The molecule has 0 aliphatic carbocycles. The van der Waals surface area contributed by atoms with Crippen LogP contribution in [0.15, 0.2) is 18.2 Å². The van der Waals surface area contributed by atoms with Gasteiger partial charge in [0, 0.05) is 6.07 Å². The monoisotopic (exact) mass is 222 g/mol. The highest BCUT2D eigenvalue weighted by Crippen LogP contribution is 2.22. The fourth-order valence-electron chi connectivity index (χ4n) is 1.01. The number of rotatable bonds is 3.